The number of hydrogen-bond acceptors (Lipinski definition) is 3. The number of phenolic OH excluding ortho intramolecular Hbond substituents is 1. The number of phenols is 1. The van der Waals surface area contributed by atoms with E-state index in [0.717, 1.165) is 30.4 Å². The second-order valence-corrected chi connectivity index (χ2v) is 5.24. The molecule has 0 radical (unpaired) electrons. The van der Waals surface area contributed by atoms with Gasteiger partial charge in [0.25, 0.3) is 0 Å². The lowest BCUT2D eigenvalue weighted by atomic mass is 9.80. The second-order valence-electron chi connectivity index (χ2n) is 5.24. The first-order valence-corrected chi connectivity index (χ1v) is 6.25. The first-order valence-electron chi connectivity index (χ1n) is 6.25. The third-order valence-electron chi connectivity index (χ3n) is 3.67. The summed E-state index contributed by atoms with van der Waals surface area (Å²) in [6.45, 7) is 4.56. The zero-order chi connectivity index (χ0) is 12.5. The molecule has 1 aliphatic carbocycles. The van der Waals surface area contributed by atoms with Crippen LogP contribution in [0.25, 0.3) is 0 Å². The van der Waals surface area contributed by atoms with Crippen molar-refractivity contribution in [1.29, 1.82) is 0 Å². The summed E-state index contributed by atoms with van der Waals surface area (Å²) in [6.07, 6.45) is 2.88. The van der Waals surface area contributed by atoms with Crippen molar-refractivity contribution < 1.29 is 10.2 Å². The zero-order valence-electron chi connectivity index (χ0n) is 10.5. The largest absolute Gasteiger partial charge is 0.508 e. The second kappa shape index (κ2) is 4.67. The molecule has 94 valence electrons. The number of nitrogens with one attached hydrogen (secondary N) is 1. The summed E-state index contributed by atoms with van der Waals surface area (Å²) in [6, 6.07) is 5.75. The van der Waals surface area contributed by atoms with E-state index in [4.69, 9.17) is 0 Å². The van der Waals surface area contributed by atoms with Crippen molar-refractivity contribution in [2.45, 2.75) is 44.8 Å². The number of aliphatic hydroxyl groups is 1. The van der Waals surface area contributed by atoms with Crippen molar-refractivity contribution in [1.82, 2.24) is 5.32 Å². The number of aryl methyl sites for hydroxylation is 1. The van der Waals surface area contributed by atoms with Gasteiger partial charge in [-0.25, -0.2) is 0 Å². The molecule has 17 heavy (non-hydrogen) atoms. The van der Waals surface area contributed by atoms with E-state index in [1.165, 1.54) is 0 Å². The fraction of sp³-hybridized carbons (Fsp3) is 0.571. The van der Waals surface area contributed by atoms with Gasteiger partial charge in [0, 0.05) is 18.2 Å². The zero-order valence-corrected chi connectivity index (χ0v) is 10.5. The lowest BCUT2D eigenvalue weighted by Gasteiger charge is -2.37. The minimum atomic E-state index is -0.519. The summed E-state index contributed by atoms with van der Waals surface area (Å²) < 4.78 is 0. The topological polar surface area (TPSA) is 52.5 Å². The maximum absolute atomic E-state index is 9.99. The number of benzene rings is 1. The summed E-state index contributed by atoms with van der Waals surface area (Å²) in [5.41, 5.74) is 1.42. The Labute approximate surface area is 102 Å². The Morgan fingerprint density at radius 3 is 2.65 bits per heavy atom. The van der Waals surface area contributed by atoms with Crippen LogP contribution in [0.3, 0.4) is 0 Å². The molecule has 1 aromatic carbocycles. The molecule has 1 atom stereocenters. The Morgan fingerprint density at radius 1 is 1.41 bits per heavy atom. The van der Waals surface area contributed by atoms with E-state index < -0.39 is 5.60 Å². The van der Waals surface area contributed by atoms with Crippen molar-refractivity contribution >= 4 is 0 Å². The Balaban J connectivity index is 1.96. The molecular formula is C14H21NO2. The van der Waals surface area contributed by atoms with Crippen LogP contribution < -0.4 is 5.32 Å². The highest BCUT2D eigenvalue weighted by Crippen LogP contribution is 2.32. The van der Waals surface area contributed by atoms with Crippen molar-refractivity contribution in [3.05, 3.63) is 29.3 Å². The van der Waals surface area contributed by atoms with E-state index in [2.05, 4.69) is 5.32 Å². The highest BCUT2D eigenvalue weighted by molar-refractivity contribution is 5.37. The Morgan fingerprint density at radius 2 is 2.12 bits per heavy atom. The standard InChI is InChI=1S/C14H21NO2/c1-10-4-5-12(13(16)8-10)11(2)15-9-14(17)6-3-7-14/h4-5,8,11,15-17H,3,6-7,9H2,1-2H3. The van der Waals surface area contributed by atoms with Gasteiger partial charge < -0.3 is 15.5 Å². The number of rotatable bonds is 4. The van der Waals surface area contributed by atoms with Gasteiger partial charge in [0.05, 0.1) is 5.60 Å². The normalized spacial score (nSPS) is 19.7. The molecule has 1 aliphatic rings. The van der Waals surface area contributed by atoms with Gasteiger partial charge in [-0.15, -0.1) is 0 Å². The maximum Gasteiger partial charge on any atom is 0.120 e. The number of hydrogen-bond donors (Lipinski definition) is 3. The molecule has 0 heterocycles. The van der Waals surface area contributed by atoms with E-state index in [1.807, 2.05) is 26.0 Å². The third kappa shape index (κ3) is 2.79. The van der Waals surface area contributed by atoms with Crippen LogP contribution in [0.15, 0.2) is 18.2 Å². The fourth-order valence-corrected chi connectivity index (χ4v) is 2.23. The summed E-state index contributed by atoms with van der Waals surface area (Å²) in [5, 5.41) is 23.1. The minimum absolute atomic E-state index is 0.0558. The summed E-state index contributed by atoms with van der Waals surface area (Å²) in [5.74, 6) is 0.325. The Kier molecular flexibility index (Phi) is 3.40. The minimum Gasteiger partial charge on any atom is -0.508 e. The summed E-state index contributed by atoms with van der Waals surface area (Å²) >= 11 is 0. The van der Waals surface area contributed by atoms with Crippen molar-refractivity contribution in [3.8, 4) is 5.75 Å². The highest BCUT2D eigenvalue weighted by Gasteiger charge is 2.34. The van der Waals surface area contributed by atoms with Crippen LogP contribution in [0.1, 0.15) is 43.4 Å². The molecule has 0 spiro atoms. The molecule has 3 heteroatoms. The van der Waals surface area contributed by atoms with Crippen LogP contribution in [0.5, 0.6) is 5.75 Å². The molecule has 2 rings (SSSR count). The fourth-order valence-electron chi connectivity index (χ4n) is 2.23. The maximum atomic E-state index is 9.99. The first-order chi connectivity index (χ1) is 8.00. The summed E-state index contributed by atoms with van der Waals surface area (Å²) in [7, 11) is 0. The van der Waals surface area contributed by atoms with Crippen molar-refractivity contribution in [3.63, 3.8) is 0 Å². The van der Waals surface area contributed by atoms with Gasteiger partial charge in [-0.1, -0.05) is 12.1 Å². The van der Waals surface area contributed by atoms with Gasteiger partial charge in [-0.2, -0.15) is 0 Å². The van der Waals surface area contributed by atoms with E-state index in [9.17, 15) is 10.2 Å². The van der Waals surface area contributed by atoms with Crippen molar-refractivity contribution in [2.24, 2.45) is 0 Å². The molecular weight excluding hydrogens is 214 g/mol. The average molecular weight is 235 g/mol. The van der Waals surface area contributed by atoms with Gasteiger partial charge in [0.2, 0.25) is 0 Å². The van der Waals surface area contributed by atoms with Crippen LogP contribution in [0.2, 0.25) is 0 Å². The lowest BCUT2D eigenvalue weighted by Crippen LogP contribution is -2.46. The third-order valence-corrected chi connectivity index (χ3v) is 3.67. The van der Waals surface area contributed by atoms with E-state index in [0.29, 0.717) is 12.3 Å². The van der Waals surface area contributed by atoms with Crippen LogP contribution in [0.4, 0.5) is 0 Å². The Hall–Kier alpha value is -1.06. The van der Waals surface area contributed by atoms with Crippen LogP contribution in [-0.2, 0) is 0 Å². The molecule has 1 unspecified atom stereocenters. The predicted octanol–water partition coefficient (Wildman–Crippen LogP) is 2.27. The molecule has 0 saturated heterocycles. The molecule has 0 amide bonds. The lowest BCUT2D eigenvalue weighted by molar-refractivity contribution is -0.0329. The molecule has 3 N–H and O–H groups in total. The Bertz CT molecular complexity index is 399. The van der Waals surface area contributed by atoms with Crippen LogP contribution >= 0.6 is 0 Å². The van der Waals surface area contributed by atoms with Crippen molar-refractivity contribution in [2.75, 3.05) is 6.54 Å². The van der Waals surface area contributed by atoms with Gasteiger partial charge >= 0.3 is 0 Å². The summed E-state index contributed by atoms with van der Waals surface area (Å²) in [4.78, 5) is 0. The van der Waals surface area contributed by atoms with Gasteiger partial charge in [0.1, 0.15) is 5.75 Å². The predicted molar refractivity (Wildman–Crippen MR) is 68.1 cm³/mol. The van der Waals surface area contributed by atoms with Gasteiger partial charge in [0.15, 0.2) is 0 Å². The molecule has 1 fully saturated rings. The van der Waals surface area contributed by atoms with E-state index in [1.54, 1.807) is 6.07 Å². The molecule has 1 aromatic rings. The average Bonchev–Trinajstić information content (AvgIpc) is 2.23. The van der Waals surface area contributed by atoms with Crippen LogP contribution in [0, 0.1) is 6.92 Å². The first kappa shape index (κ1) is 12.4. The monoisotopic (exact) mass is 235 g/mol. The van der Waals surface area contributed by atoms with Gasteiger partial charge in [-0.3, -0.25) is 0 Å². The molecule has 0 bridgehead atoms. The smallest absolute Gasteiger partial charge is 0.120 e. The molecule has 0 aliphatic heterocycles. The van der Waals surface area contributed by atoms with E-state index >= 15 is 0 Å². The highest BCUT2D eigenvalue weighted by atomic mass is 16.3. The molecule has 1 saturated carbocycles. The molecule has 3 nitrogen and oxygen atoms in total. The van der Waals surface area contributed by atoms with Crippen LogP contribution in [-0.4, -0.2) is 22.4 Å². The van der Waals surface area contributed by atoms with Gasteiger partial charge in [-0.05, 0) is 44.7 Å². The number of aromatic hydroxyl groups is 1. The quantitative estimate of drug-likeness (QED) is 0.750. The molecule has 0 aromatic heterocycles. The SMILES string of the molecule is Cc1ccc(C(C)NCC2(O)CCC2)c(O)c1. The van der Waals surface area contributed by atoms with E-state index in [-0.39, 0.29) is 6.04 Å².